The number of carbonyl (C=O) groups is 1. The van der Waals surface area contributed by atoms with Gasteiger partial charge in [0.1, 0.15) is 0 Å². The number of aliphatic hydroxyl groups is 1. The standard InChI is InChI=1S/C13H26N2O2/c1-11(16)9-15(10-13(17)14(2)3)12-7-5-4-6-8-12/h11-12,16H,4-10H2,1-3H3. The highest BCUT2D eigenvalue weighted by Gasteiger charge is 2.24. The highest BCUT2D eigenvalue weighted by molar-refractivity contribution is 5.77. The van der Waals surface area contributed by atoms with Crippen LogP contribution in [0, 0.1) is 0 Å². The van der Waals surface area contributed by atoms with E-state index in [1.54, 1.807) is 25.9 Å². The number of hydrogen-bond donors (Lipinski definition) is 1. The van der Waals surface area contributed by atoms with Gasteiger partial charge in [-0.15, -0.1) is 0 Å². The van der Waals surface area contributed by atoms with Gasteiger partial charge in [0.15, 0.2) is 0 Å². The predicted octanol–water partition coefficient (Wildman–Crippen LogP) is 1.09. The van der Waals surface area contributed by atoms with Gasteiger partial charge in [-0.2, -0.15) is 0 Å². The van der Waals surface area contributed by atoms with Crippen molar-refractivity contribution in [3.05, 3.63) is 0 Å². The van der Waals surface area contributed by atoms with E-state index in [0.29, 0.717) is 19.1 Å². The van der Waals surface area contributed by atoms with E-state index in [1.807, 2.05) is 0 Å². The van der Waals surface area contributed by atoms with Crippen molar-refractivity contribution in [3.8, 4) is 0 Å². The summed E-state index contributed by atoms with van der Waals surface area (Å²) in [5, 5.41) is 9.54. The topological polar surface area (TPSA) is 43.8 Å². The van der Waals surface area contributed by atoms with Gasteiger partial charge >= 0.3 is 0 Å². The molecule has 1 N–H and O–H groups in total. The minimum atomic E-state index is -0.369. The molecule has 1 saturated carbocycles. The molecular formula is C13H26N2O2. The van der Waals surface area contributed by atoms with Crippen molar-refractivity contribution in [1.82, 2.24) is 9.80 Å². The summed E-state index contributed by atoms with van der Waals surface area (Å²) in [6.45, 7) is 2.82. The number of likely N-dealkylation sites (N-methyl/N-ethyl adjacent to an activating group) is 1. The van der Waals surface area contributed by atoms with Gasteiger partial charge in [-0.05, 0) is 19.8 Å². The largest absolute Gasteiger partial charge is 0.392 e. The fourth-order valence-electron chi connectivity index (χ4n) is 2.44. The Morgan fingerprint density at radius 2 is 1.88 bits per heavy atom. The van der Waals surface area contributed by atoms with Crippen LogP contribution in [0.5, 0.6) is 0 Å². The summed E-state index contributed by atoms with van der Waals surface area (Å²) in [4.78, 5) is 15.6. The number of rotatable bonds is 5. The third-order valence-electron chi connectivity index (χ3n) is 3.43. The Labute approximate surface area is 105 Å². The Morgan fingerprint density at radius 3 is 2.35 bits per heavy atom. The summed E-state index contributed by atoms with van der Waals surface area (Å²) >= 11 is 0. The zero-order chi connectivity index (χ0) is 12.8. The molecule has 0 heterocycles. The van der Waals surface area contributed by atoms with Crippen LogP contribution in [-0.4, -0.2) is 60.1 Å². The first kappa shape index (κ1) is 14.5. The Kier molecular flexibility index (Phi) is 5.92. The van der Waals surface area contributed by atoms with Crippen LogP contribution >= 0.6 is 0 Å². The Bertz CT molecular complexity index is 236. The summed E-state index contributed by atoms with van der Waals surface area (Å²) in [6.07, 6.45) is 5.75. The molecule has 1 rings (SSSR count). The van der Waals surface area contributed by atoms with Crippen LogP contribution in [0.1, 0.15) is 39.0 Å². The molecule has 0 aliphatic heterocycles. The second-order valence-corrected chi connectivity index (χ2v) is 5.36. The highest BCUT2D eigenvalue weighted by atomic mass is 16.3. The van der Waals surface area contributed by atoms with Crippen LogP contribution in [0.15, 0.2) is 0 Å². The maximum Gasteiger partial charge on any atom is 0.236 e. The fourth-order valence-corrected chi connectivity index (χ4v) is 2.44. The normalized spacial score (nSPS) is 19.4. The van der Waals surface area contributed by atoms with Crippen LogP contribution < -0.4 is 0 Å². The van der Waals surface area contributed by atoms with Crippen LogP contribution in [0.3, 0.4) is 0 Å². The average Bonchev–Trinajstić information content (AvgIpc) is 2.28. The van der Waals surface area contributed by atoms with Gasteiger partial charge in [-0.25, -0.2) is 0 Å². The third kappa shape index (κ3) is 5.04. The molecular weight excluding hydrogens is 216 g/mol. The zero-order valence-electron chi connectivity index (χ0n) is 11.4. The number of hydrogen-bond acceptors (Lipinski definition) is 3. The van der Waals surface area contributed by atoms with Crippen molar-refractivity contribution >= 4 is 5.91 Å². The molecule has 0 aromatic carbocycles. The van der Waals surface area contributed by atoms with E-state index in [4.69, 9.17) is 0 Å². The SMILES string of the molecule is CC(O)CN(CC(=O)N(C)C)C1CCCCC1. The molecule has 4 heteroatoms. The van der Waals surface area contributed by atoms with E-state index < -0.39 is 0 Å². The van der Waals surface area contributed by atoms with Gasteiger partial charge in [-0.1, -0.05) is 19.3 Å². The van der Waals surface area contributed by atoms with Crippen molar-refractivity contribution in [2.24, 2.45) is 0 Å². The smallest absolute Gasteiger partial charge is 0.236 e. The summed E-state index contributed by atoms with van der Waals surface area (Å²) < 4.78 is 0. The van der Waals surface area contributed by atoms with E-state index in [2.05, 4.69) is 4.90 Å². The molecule has 0 radical (unpaired) electrons. The highest BCUT2D eigenvalue weighted by Crippen LogP contribution is 2.22. The quantitative estimate of drug-likeness (QED) is 0.785. The molecule has 0 bridgehead atoms. The third-order valence-corrected chi connectivity index (χ3v) is 3.43. The first-order chi connectivity index (χ1) is 8.00. The molecule has 0 aromatic heterocycles. The molecule has 0 spiro atoms. The van der Waals surface area contributed by atoms with Crippen molar-refractivity contribution in [2.45, 2.75) is 51.2 Å². The first-order valence-corrected chi connectivity index (χ1v) is 6.63. The molecule has 1 amide bonds. The van der Waals surface area contributed by atoms with Crippen molar-refractivity contribution in [1.29, 1.82) is 0 Å². The summed E-state index contributed by atoms with van der Waals surface area (Å²) in [7, 11) is 3.56. The lowest BCUT2D eigenvalue weighted by Gasteiger charge is -2.35. The van der Waals surface area contributed by atoms with Crippen LogP contribution in [-0.2, 0) is 4.79 Å². The average molecular weight is 242 g/mol. The maximum atomic E-state index is 11.8. The number of aliphatic hydroxyl groups excluding tert-OH is 1. The van der Waals surface area contributed by atoms with Gasteiger partial charge in [0.05, 0.1) is 12.6 Å². The number of nitrogens with zero attached hydrogens (tertiary/aromatic N) is 2. The maximum absolute atomic E-state index is 11.8. The monoisotopic (exact) mass is 242 g/mol. The van der Waals surface area contributed by atoms with E-state index >= 15 is 0 Å². The van der Waals surface area contributed by atoms with E-state index in [9.17, 15) is 9.90 Å². The minimum absolute atomic E-state index is 0.122. The molecule has 1 atom stereocenters. The van der Waals surface area contributed by atoms with Crippen molar-refractivity contribution in [2.75, 3.05) is 27.2 Å². The number of amides is 1. The Balaban J connectivity index is 2.55. The Morgan fingerprint density at radius 1 is 1.29 bits per heavy atom. The fraction of sp³-hybridized carbons (Fsp3) is 0.923. The van der Waals surface area contributed by atoms with E-state index in [0.717, 1.165) is 12.8 Å². The second-order valence-electron chi connectivity index (χ2n) is 5.36. The molecule has 1 unspecified atom stereocenters. The van der Waals surface area contributed by atoms with E-state index in [-0.39, 0.29) is 12.0 Å². The second kappa shape index (κ2) is 6.97. The summed E-state index contributed by atoms with van der Waals surface area (Å²) in [6, 6.07) is 0.474. The van der Waals surface area contributed by atoms with E-state index in [1.165, 1.54) is 19.3 Å². The number of carbonyl (C=O) groups excluding carboxylic acids is 1. The molecule has 1 fully saturated rings. The van der Waals surface area contributed by atoms with Crippen LogP contribution in [0.2, 0.25) is 0 Å². The molecule has 1 aliphatic rings. The zero-order valence-corrected chi connectivity index (χ0v) is 11.4. The molecule has 1 aliphatic carbocycles. The van der Waals surface area contributed by atoms with Gasteiger partial charge in [0.2, 0.25) is 5.91 Å². The molecule has 4 nitrogen and oxygen atoms in total. The van der Waals surface area contributed by atoms with Gasteiger partial charge in [0, 0.05) is 26.7 Å². The minimum Gasteiger partial charge on any atom is -0.392 e. The molecule has 100 valence electrons. The lowest BCUT2D eigenvalue weighted by atomic mass is 9.94. The lowest BCUT2D eigenvalue weighted by molar-refractivity contribution is -0.131. The van der Waals surface area contributed by atoms with Gasteiger partial charge in [-0.3, -0.25) is 9.69 Å². The first-order valence-electron chi connectivity index (χ1n) is 6.63. The molecule has 0 saturated heterocycles. The van der Waals surface area contributed by atoms with Gasteiger partial charge < -0.3 is 10.0 Å². The van der Waals surface area contributed by atoms with Crippen molar-refractivity contribution < 1.29 is 9.90 Å². The van der Waals surface area contributed by atoms with Gasteiger partial charge in [0.25, 0.3) is 0 Å². The Hall–Kier alpha value is -0.610. The van der Waals surface area contributed by atoms with Crippen LogP contribution in [0.4, 0.5) is 0 Å². The summed E-state index contributed by atoms with van der Waals surface area (Å²) in [5.41, 5.74) is 0. The predicted molar refractivity (Wildman–Crippen MR) is 68.8 cm³/mol. The molecule has 0 aromatic rings. The van der Waals surface area contributed by atoms with Crippen molar-refractivity contribution in [3.63, 3.8) is 0 Å². The summed E-state index contributed by atoms with van der Waals surface area (Å²) in [5.74, 6) is 0.122. The lowest BCUT2D eigenvalue weighted by Crippen LogP contribution is -2.46. The molecule has 17 heavy (non-hydrogen) atoms. The van der Waals surface area contributed by atoms with Crippen LogP contribution in [0.25, 0.3) is 0 Å².